The molecule has 3 aromatic rings. The fourth-order valence-corrected chi connectivity index (χ4v) is 2.73. The summed E-state index contributed by atoms with van der Waals surface area (Å²) in [7, 11) is 0. The van der Waals surface area contributed by atoms with Gasteiger partial charge in [0.15, 0.2) is 0 Å². The minimum atomic E-state index is -0.200. The van der Waals surface area contributed by atoms with Crippen LogP contribution in [0.2, 0.25) is 0 Å². The van der Waals surface area contributed by atoms with Gasteiger partial charge in [-0.3, -0.25) is 4.79 Å². The molecule has 2 aromatic carbocycles. The fourth-order valence-electron chi connectivity index (χ4n) is 2.73. The van der Waals surface area contributed by atoms with Crippen molar-refractivity contribution < 1.29 is 4.79 Å². The molecule has 0 atom stereocenters. The number of carbonyl (C=O) groups excluding carboxylic acids is 1. The lowest BCUT2D eigenvalue weighted by Crippen LogP contribution is -2.14. The summed E-state index contributed by atoms with van der Waals surface area (Å²) >= 11 is 0. The van der Waals surface area contributed by atoms with Crippen molar-refractivity contribution in [2.75, 3.05) is 10.6 Å². The van der Waals surface area contributed by atoms with E-state index < -0.39 is 0 Å². The maximum absolute atomic E-state index is 12.5. The lowest BCUT2D eigenvalue weighted by molar-refractivity contribution is 0.102. The molecule has 0 saturated carbocycles. The molecule has 1 aromatic heterocycles. The number of nitriles is 1. The minimum Gasteiger partial charge on any atom is -0.340 e. The van der Waals surface area contributed by atoms with Crippen molar-refractivity contribution in [2.24, 2.45) is 0 Å². The van der Waals surface area contributed by atoms with Crippen molar-refractivity contribution in [3.63, 3.8) is 0 Å². The summed E-state index contributed by atoms with van der Waals surface area (Å²) in [6, 6.07) is 20.5. The van der Waals surface area contributed by atoms with Crippen molar-refractivity contribution in [3.8, 4) is 6.07 Å². The lowest BCUT2D eigenvalue weighted by Gasteiger charge is -2.13. The highest BCUT2D eigenvalue weighted by atomic mass is 16.1. The fraction of sp³-hybridized carbons (Fsp3) is 0.136. The Morgan fingerprint density at radius 2 is 1.89 bits per heavy atom. The third kappa shape index (κ3) is 4.50. The Morgan fingerprint density at radius 3 is 2.59 bits per heavy atom. The quantitative estimate of drug-likeness (QED) is 0.669. The number of anilines is 3. The van der Waals surface area contributed by atoms with E-state index in [-0.39, 0.29) is 5.91 Å². The molecule has 0 unspecified atom stereocenters. The molecule has 27 heavy (non-hydrogen) atoms. The number of carbonyl (C=O) groups is 1. The van der Waals surface area contributed by atoms with Crippen LogP contribution in [0, 0.1) is 11.3 Å². The summed E-state index contributed by atoms with van der Waals surface area (Å²) in [6.07, 6.45) is 1.53. The Hall–Kier alpha value is -3.65. The molecule has 0 saturated heterocycles. The summed E-state index contributed by atoms with van der Waals surface area (Å²) in [4.78, 5) is 16.8. The Balaban J connectivity index is 1.72. The number of rotatable bonds is 5. The van der Waals surface area contributed by atoms with Crippen LogP contribution >= 0.6 is 0 Å². The molecule has 0 bridgehead atoms. The molecule has 0 aliphatic carbocycles. The zero-order valence-corrected chi connectivity index (χ0v) is 15.2. The molecular formula is C22H20N4O. The maximum Gasteiger partial charge on any atom is 0.257 e. The van der Waals surface area contributed by atoms with Crippen LogP contribution in [0.1, 0.15) is 41.3 Å². The maximum atomic E-state index is 12.5. The van der Waals surface area contributed by atoms with Gasteiger partial charge in [-0.15, -0.1) is 0 Å². The Morgan fingerprint density at radius 1 is 1.07 bits per heavy atom. The van der Waals surface area contributed by atoms with Crippen molar-refractivity contribution in [3.05, 3.63) is 83.6 Å². The Labute approximate surface area is 158 Å². The van der Waals surface area contributed by atoms with Gasteiger partial charge in [-0.05, 0) is 47.9 Å². The first-order valence-electron chi connectivity index (χ1n) is 8.70. The van der Waals surface area contributed by atoms with Crippen LogP contribution in [0.5, 0.6) is 0 Å². The largest absolute Gasteiger partial charge is 0.340 e. The SMILES string of the molecule is CC(C)c1ccccc1NC(=O)c1ccc(Nc2cccc(C#N)c2)nc1. The lowest BCUT2D eigenvalue weighted by atomic mass is 10.0. The number of nitrogens with zero attached hydrogens (tertiary/aromatic N) is 2. The van der Waals surface area contributed by atoms with E-state index in [2.05, 4.69) is 35.5 Å². The van der Waals surface area contributed by atoms with E-state index in [4.69, 9.17) is 5.26 Å². The molecule has 1 amide bonds. The average Bonchev–Trinajstić information content (AvgIpc) is 2.69. The van der Waals surface area contributed by atoms with E-state index in [9.17, 15) is 4.79 Å². The monoisotopic (exact) mass is 356 g/mol. The van der Waals surface area contributed by atoms with Gasteiger partial charge in [0.2, 0.25) is 0 Å². The third-order valence-electron chi connectivity index (χ3n) is 4.12. The molecule has 0 aliphatic rings. The number of benzene rings is 2. The topological polar surface area (TPSA) is 77.8 Å². The zero-order chi connectivity index (χ0) is 19.2. The van der Waals surface area contributed by atoms with Crippen LogP contribution in [-0.4, -0.2) is 10.9 Å². The second-order valence-corrected chi connectivity index (χ2v) is 6.45. The van der Waals surface area contributed by atoms with Crippen molar-refractivity contribution in [1.82, 2.24) is 4.98 Å². The van der Waals surface area contributed by atoms with Crippen LogP contribution in [0.15, 0.2) is 66.9 Å². The molecule has 2 N–H and O–H groups in total. The summed E-state index contributed by atoms with van der Waals surface area (Å²) < 4.78 is 0. The van der Waals surface area contributed by atoms with Gasteiger partial charge in [-0.25, -0.2) is 4.98 Å². The van der Waals surface area contributed by atoms with Crippen LogP contribution in [-0.2, 0) is 0 Å². The van der Waals surface area contributed by atoms with Crippen molar-refractivity contribution in [2.45, 2.75) is 19.8 Å². The van der Waals surface area contributed by atoms with Gasteiger partial charge in [-0.2, -0.15) is 5.26 Å². The Kier molecular flexibility index (Phi) is 5.48. The Bertz CT molecular complexity index is 988. The van der Waals surface area contributed by atoms with E-state index in [1.54, 1.807) is 30.3 Å². The standard InChI is InChI=1S/C22H20N4O/c1-15(2)19-8-3-4-9-20(19)26-22(27)17-10-11-21(24-14-17)25-18-7-5-6-16(12-18)13-23/h3-12,14-15H,1-2H3,(H,24,25)(H,26,27). The van der Waals surface area contributed by atoms with Gasteiger partial charge in [0.25, 0.3) is 5.91 Å². The van der Waals surface area contributed by atoms with Gasteiger partial charge in [-0.1, -0.05) is 38.1 Å². The number of hydrogen-bond donors (Lipinski definition) is 2. The second-order valence-electron chi connectivity index (χ2n) is 6.45. The molecule has 0 fully saturated rings. The number of nitrogens with one attached hydrogen (secondary N) is 2. The van der Waals surface area contributed by atoms with Crippen LogP contribution in [0.4, 0.5) is 17.2 Å². The first kappa shape index (κ1) is 18.2. The van der Waals surface area contributed by atoms with Crippen molar-refractivity contribution in [1.29, 1.82) is 5.26 Å². The smallest absolute Gasteiger partial charge is 0.257 e. The summed E-state index contributed by atoms with van der Waals surface area (Å²) in [5, 5.41) is 15.0. The van der Waals surface area contributed by atoms with Gasteiger partial charge in [0.1, 0.15) is 5.82 Å². The van der Waals surface area contributed by atoms with Gasteiger partial charge in [0, 0.05) is 17.6 Å². The number of amides is 1. The first-order valence-corrected chi connectivity index (χ1v) is 8.70. The molecule has 0 aliphatic heterocycles. The highest BCUT2D eigenvalue weighted by Crippen LogP contribution is 2.24. The number of para-hydroxylation sites is 1. The summed E-state index contributed by atoms with van der Waals surface area (Å²) in [6.45, 7) is 4.18. The molecular weight excluding hydrogens is 336 g/mol. The highest BCUT2D eigenvalue weighted by Gasteiger charge is 2.11. The summed E-state index contributed by atoms with van der Waals surface area (Å²) in [5.41, 5.74) is 3.72. The molecule has 0 radical (unpaired) electrons. The molecule has 3 rings (SSSR count). The number of hydrogen-bond acceptors (Lipinski definition) is 4. The second kappa shape index (κ2) is 8.15. The van der Waals surface area contributed by atoms with Gasteiger partial charge < -0.3 is 10.6 Å². The predicted octanol–water partition coefficient (Wildman–Crippen LogP) is 5.07. The van der Waals surface area contributed by atoms with E-state index >= 15 is 0 Å². The van der Waals surface area contributed by atoms with Crippen LogP contribution in [0.3, 0.4) is 0 Å². The van der Waals surface area contributed by atoms with Crippen LogP contribution < -0.4 is 10.6 Å². The average molecular weight is 356 g/mol. The van der Waals surface area contributed by atoms with E-state index in [0.29, 0.717) is 22.9 Å². The molecule has 134 valence electrons. The molecule has 5 nitrogen and oxygen atoms in total. The molecule has 0 spiro atoms. The predicted molar refractivity (Wildman–Crippen MR) is 107 cm³/mol. The van der Waals surface area contributed by atoms with Gasteiger partial charge >= 0.3 is 0 Å². The summed E-state index contributed by atoms with van der Waals surface area (Å²) in [5.74, 6) is 0.716. The van der Waals surface area contributed by atoms with E-state index in [1.807, 2.05) is 30.3 Å². The number of pyridine rings is 1. The van der Waals surface area contributed by atoms with Crippen molar-refractivity contribution >= 4 is 23.1 Å². The highest BCUT2D eigenvalue weighted by molar-refractivity contribution is 6.04. The molecule has 1 heterocycles. The molecule has 5 heteroatoms. The third-order valence-corrected chi connectivity index (χ3v) is 4.12. The zero-order valence-electron chi connectivity index (χ0n) is 15.2. The normalized spacial score (nSPS) is 10.3. The van der Waals surface area contributed by atoms with E-state index in [0.717, 1.165) is 16.9 Å². The first-order chi connectivity index (χ1) is 13.1. The van der Waals surface area contributed by atoms with E-state index in [1.165, 1.54) is 6.20 Å². The van der Waals surface area contributed by atoms with Gasteiger partial charge in [0.05, 0.1) is 17.2 Å². The van der Waals surface area contributed by atoms with Crippen LogP contribution in [0.25, 0.3) is 0 Å². The minimum absolute atomic E-state index is 0.200. The number of aromatic nitrogens is 1.